The molecule has 39 heavy (non-hydrogen) atoms. The molecule has 1 aromatic carbocycles. The lowest BCUT2D eigenvalue weighted by Gasteiger charge is -2.34. The van der Waals surface area contributed by atoms with Crippen molar-refractivity contribution >= 4 is 27.8 Å². The molecule has 10 nitrogen and oxygen atoms in total. The molecule has 1 aliphatic carbocycles. The zero-order chi connectivity index (χ0) is 27.6. The number of sulfonamides is 1. The van der Waals surface area contributed by atoms with Gasteiger partial charge in [0.2, 0.25) is 15.9 Å². The minimum atomic E-state index is -3.69. The molecular weight excluding hydrogens is 518 g/mol. The second kappa shape index (κ2) is 11.1. The van der Waals surface area contributed by atoms with E-state index in [9.17, 15) is 23.1 Å². The van der Waals surface area contributed by atoms with Gasteiger partial charge in [0.25, 0.3) is 5.91 Å². The number of unbranched alkanes of at least 4 members (excludes halogenated alkanes) is 1. The molecular formula is C28H37N5O5S. The number of imidazole rings is 1. The largest absolute Gasteiger partial charge is 0.493 e. The van der Waals surface area contributed by atoms with E-state index in [4.69, 9.17) is 4.99 Å². The van der Waals surface area contributed by atoms with Crippen LogP contribution in [0.5, 0.6) is 5.88 Å². The number of amidine groups is 1. The van der Waals surface area contributed by atoms with Crippen LogP contribution in [-0.4, -0.2) is 57.8 Å². The van der Waals surface area contributed by atoms with Gasteiger partial charge in [0.15, 0.2) is 0 Å². The molecule has 11 heteroatoms. The zero-order valence-corrected chi connectivity index (χ0v) is 23.1. The van der Waals surface area contributed by atoms with Gasteiger partial charge >= 0.3 is 5.69 Å². The zero-order valence-electron chi connectivity index (χ0n) is 22.3. The minimum Gasteiger partial charge on any atom is -0.493 e. The third-order valence-corrected chi connectivity index (χ3v) is 10.0. The second-order valence-corrected chi connectivity index (χ2v) is 12.8. The number of aromatic hydroxyl groups is 1. The first kappa shape index (κ1) is 27.4. The molecule has 3 aliphatic rings. The van der Waals surface area contributed by atoms with E-state index < -0.39 is 21.3 Å². The summed E-state index contributed by atoms with van der Waals surface area (Å²) in [5.74, 6) is 1.58. The Morgan fingerprint density at radius 1 is 1.10 bits per heavy atom. The minimum absolute atomic E-state index is 0.0918. The number of nitrogens with zero attached hydrogens (tertiary/aromatic N) is 3. The van der Waals surface area contributed by atoms with E-state index in [-0.39, 0.29) is 24.9 Å². The standard InChI is InChI=1S/C28H37N5O5S/c1-2-3-4-20-5-9-22(10-6-20)25-30-26(35)28(31-25)14-16-32(17-15-28)39(37,38)18-13-21-7-11-23(12-8-21)33-24(34)19-29-27(33)36/h7-8,11-13,18-20,22,34H,2-6,9-10,14-17H2,1H3,(H,29,36)(H,30,31,35). The van der Waals surface area contributed by atoms with Crippen LogP contribution in [0.15, 0.2) is 45.7 Å². The smallest absolute Gasteiger partial charge is 0.333 e. The number of aromatic amines is 1. The number of amides is 1. The summed E-state index contributed by atoms with van der Waals surface area (Å²) in [5.41, 5.74) is -0.238. The van der Waals surface area contributed by atoms with Crippen molar-refractivity contribution in [2.45, 2.75) is 70.3 Å². The first-order valence-electron chi connectivity index (χ1n) is 13.9. The lowest BCUT2D eigenvalue weighted by atomic mass is 9.79. The van der Waals surface area contributed by atoms with Gasteiger partial charge in [-0.3, -0.25) is 9.79 Å². The van der Waals surface area contributed by atoms with Crippen molar-refractivity contribution in [1.82, 2.24) is 19.2 Å². The molecule has 0 radical (unpaired) electrons. The van der Waals surface area contributed by atoms with Crippen molar-refractivity contribution in [3.63, 3.8) is 0 Å². The molecule has 3 heterocycles. The molecule has 2 aromatic rings. The highest BCUT2D eigenvalue weighted by molar-refractivity contribution is 7.92. The molecule has 1 spiro atoms. The molecule has 1 saturated carbocycles. The fourth-order valence-corrected chi connectivity index (χ4v) is 7.19. The van der Waals surface area contributed by atoms with E-state index in [1.807, 2.05) is 0 Å². The highest BCUT2D eigenvalue weighted by Crippen LogP contribution is 2.37. The third-order valence-electron chi connectivity index (χ3n) is 8.45. The van der Waals surface area contributed by atoms with E-state index in [1.54, 1.807) is 24.3 Å². The monoisotopic (exact) mass is 555 g/mol. The summed E-state index contributed by atoms with van der Waals surface area (Å²) in [4.78, 5) is 32.1. The van der Waals surface area contributed by atoms with E-state index >= 15 is 0 Å². The van der Waals surface area contributed by atoms with Crippen molar-refractivity contribution in [1.29, 1.82) is 0 Å². The summed E-state index contributed by atoms with van der Waals surface area (Å²) in [6.07, 6.45) is 11.7. The van der Waals surface area contributed by atoms with E-state index in [2.05, 4.69) is 17.2 Å². The van der Waals surface area contributed by atoms with Crippen molar-refractivity contribution in [2.75, 3.05) is 13.1 Å². The maximum atomic E-state index is 13.0. The topological polar surface area (TPSA) is 137 Å². The van der Waals surface area contributed by atoms with Gasteiger partial charge in [0.1, 0.15) is 11.4 Å². The van der Waals surface area contributed by atoms with Gasteiger partial charge < -0.3 is 15.4 Å². The summed E-state index contributed by atoms with van der Waals surface area (Å²) >= 11 is 0. The maximum Gasteiger partial charge on any atom is 0.333 e. The number of benzene rings is 1. The second-order valence-electron chi connectivity index (χ2n) is 11.0. The van der Waals surface area contributed by atoms with Crippen molar-refractivity contribution in [2.24, 2.45) is 16.8 Å². The average Bonchev–Trinajstić information content (AvgIpc) is 3.44. The Kier molecular flexibility index (Phi) is 7.82. The number of H-pyrrole nitrogens is 1. The summed E-state index contributed by atoms with van der Waals surface area (Å²) in [6, 6.07) is 6.58. The molecule has 1 saturated heterocycles. The van der Waals surface area contributed by atoms with Crippen LogP contribution < -0.4 is 11.0 Å². The lowest BCUT2D eigenvalue weighted by molar-refractivity contribution is -0.125. The van der Waals surface area contributed by atoms with Crippen LogP contribution in [0.4, 0.5) is 0 Å². The number of hydrogen-bond donors (Lipinski definition) is 3. The quantitative estimate of drug-likeness (QED) is 0.458. The van der Waals surface area contributed by atoms with Crippen molar-refractivity contribution in [3.05, 3.63) is 51.9 Å². The number of aromatic nitrogens is 2. The third kappa shape index (κ3) is 5.74. The summed E-state index contributed by atoms with van der Waals surface area (Å²) < 4.78 is 28.6. The molecule has 210 valence electrons. The molecule has 2 aliphatic heterocycles. The van der Waals surface area contributed by atoms with Gasteiger partial charge in [-0.1, -0.05) is 38.3 Å². The lowest BCUT2D eigenvalue weighted by Crippen LogP contribution is -2.50. The van der Waals surface area contributed by atoms with Crippen LogP contribution >= 0.6 is 0 Å². The van der Waals surface area contributed by atoms with Crippen molar-refractivity contribution in [3.8, 4) is 11.6 Å². The summed E-state index contributed by atoms with van der Waals surface area (Å²) in [6.45, 7) is 2.69. The summed E-state index contributed by atoms with van der Waals surface area (Å²) in [5, 5.41) is 14.0. The Bertz CT molecular complexity index is 1410. The highest BCUT2D eigenvalue weighted by atomic mass is 32.2. The Balaban J connectivity index is 1.19. The highest BCUT2D eigenvalue weighted by Gasteiger charge is 2.48. The first-order valence-corrected chi connectivity index (χ1v) is 15.4. The van der Waals surface area contributed by atoms with Gasteiger partial charge in [-0.15, -0.1) is 0 Å². The molecule has 0 bridgehead atoms. The summed E-state index contributed by atoms with van der Waals surface area (Å²) in [7, 11) is -3.69. The number of aliphatic imine (C=N–C) groups is 1. The van der Waals surface area contributed by atoms with Gasteiger partial charge in [0, 0.05) is 24.4 Å². The molecule has 0 atom stereocenters. The number of carbonyl (C=O) groups excluding carboxylic acids is 1. The first-order chi connectivity index (χ1) is 18.7. The SMILES string of the molecule is CCCCC1CCC(C2=NC3(CCN(S(=O)(=O)C=Cc4ccc(-n5c(O)c[nH]c5=O)cc4)CC3)C(=O)N2)CC1. The number of rotatable bonds is 8. The molecule has 2 fully saturated rings. The van der Waals surface area contributed by atoms with Crippen LogP contribution in [-0.2, 0) is 14.8 Å². The normalized spacial score (nSPS) is 23.8. The number of piperidine rings is 1. The van der Waals surface area contributed by atoms with E-state index in [1.165, 1.54) is 54.1 Å². The number of nitrogens with one attached hydrogen (secondary N) is 2. The predicted molar refractivity (Wildman–Crippen MR) is 150 cm³/mol. The van der Waals surface area contributed by atoms with E-state index in [0.29, 0.717) is 30.0 Å². The number of hydrogen-bond acceptors (Lipinski definition) is 6. The Morgan fingerprint density at radius 3 is 2.41 bits per heavy atom. The van der Waals surface area contributed by atoms with Gasteiger partial charge in [-0.2, -0.15) is 4.31 Å². The molecule has 1 aromatic heterocycles. The van der Waals surface area contributed by atoms with E-state index in [0.717, 1.165) is 29.2 Å². The van der Waals surface area contributed by atoms with Crippen LogP contribution in [0, 0.1) is 11.8 Å². The Hall–Kier alpha value is -3.18. The molecule has 5 rings (SSSR count). The maximum absolute atomic E-state index is 13.0. The van der Waals surface area contributed by atoms with Crippen LogP contribution in [0.2, 0.25) is 0 Å². The van der Waals surface area contributed by atoms with Gasteiger partial charge in [-0.05, 0) is 68.2 Å². The fourth-order valence-electron chi connectivity index (χ4n) is 6.00. The molecule has 0 unspecified atom stereocenters. The predicted octanol–water partition coefficient (Wildman–Crippen LogP) is 3.53. The number of carbonyl (C=O) groups is 1. The molecule has 1 amide bonds. The fraction of sp³-hybridized carbons (Fsp3) is 0.536. The average molecular weight is 556 g/mol. The van der Waals surface area contributed by atoms with Gasteiger partial charge in [0.05, 0.1) is 11.9 Å². The molecule has 3 N–H and O–H groups in total. The van der Waals surface area contributed by atoms with Crippen LogP contribution in [0.25, 0.3) is 11.8 Å². The van der Waals surface area contributed by atoms with Crippen LogP contribution in [0.1, 0.15) is 70.3 Å². The van der Waals surface area contributed by atoms with Crippen molar-refractivity contribution < 1.29 is 18.3 Å². The Morgan fingerprint density at radius 2 is 1.79 bits per heavy atom. The van der Waals surface area contributed by atoms with Crippen LogP contribution in [0.3, 0.4) is 0 Å². The Labute approximate surface area is 228 Å². The van der Waals surface area contributed by atoms with Gasteiger partial charge in [-0.25, -0.2) is 17.8 Å².